The van der Waals surface area contributed by atoms with Gasteiger partial charge in [0.05, 0.1) is 14.1 Å². The van der Waals surface area contributed by atoms with E-state index in [2.05, 4.69) is 25.7 Å². The Kier molecular flexibility index (Phi) is 4.52. The van der Waals surface area contributed by atoms with Crippen molar-refractivity contribution in [1.82, 2.24) is 4.98 Å². The van der Waals surface area contributed by atoms with Gasteiger partial charge in [-0.15, -0.1) is 13.2 Å². The van der Waals surface area contributed by atoms with Crippen LogP contribution in [0.4, 0.5) is 18.9 Å². The van der Waals surface area contributed by atoms with E-state index >= 15 is 0 Å². The molecule has 94 valence electrons. The van der Waals surface area contributed by atoms with Crippen LogP contribution in [0.2, 0.25) is 0 Å². The first-order valence-corrected chi connectivity index (χ1v) is 6.09. The number of alkyl halides is 4. The van der Waals surface area contributed by atoms with Gasteiger partial charge in [-0.25, -0.2) is 4.98 Å². The molecule has 5 nitrogen and oxygen atoms in total. The molecule has 0 amide bonds. The van der Waals surface area contributed by atoms with Gasteiger partial charge in [0.15, 0.2) is 0 Å². The summed E-state index contributed by atoms with van der Waals surface area (Å²) in [5.74, 6) is -0.696. The maximum absolute atomic E-state index is 12.0. The van der Waals surface area contributed by atoms with E-state index in [1.54, 1.807) is 0 Å². The number of nitro groups is 1. The maximum Gasteiger partial charge on any atom is 0.574 e. The Balaban J connectivity index is 3.25. The Morgan fingerprint density at radius 3 is 2.59 bits per heavy atom. The zero-order valence-corrected chi connectivity index (χ0v) is 11.5. The van der Waals surface area contributed by atoms with Crippen LogP contribution >= 0.6 is 38.5 Å². The fourth-order valence-electron chi connectivity index (χ4n) is 0.961. The van der Waals surface area contributed by atoms with E-state index in [-0.39, 0.29) is 20.2 Å². The number of aromatic nitrogens is 1. The average Bonchev–Trinajstić information content (AvgIpc) is 2.18. The minimum Gasteiger partial charge on any atom is -0.387 e. The van der Waals surface area contributed by atoms with Gasteiger partial charge >= 0.3 is 6.36 Å². The molecule has 0 aromatic carbocycles. The van der Waals surface area contributed by atoms with Crippen LogP contribution in [-0.4, -0.2) is 16.3 Å². The van der Waals surface area contributed by atoms with E-state index in [0.29, 0.717) is 0 Å². The fourth-order valence-corrected chi connectivity index (χ4v) is 2.77. The molecule has 0 N–H and O–H groups in total. The highest BCUT2D eigenvalue weighted by atomic mass is 127. The third-order valence-electron chi connectivity index (χ3n) is 1.61. The van der Waals surface area contributed by atoms with Gasteiger partial charge in [-0.1, -0.05) is 15.9 Å². The molecule has 1 aromatic rings. The average molecular weight is 427 g/mol. The molecule has 0 fully saturated rings. The number of nitrogens with zero attached hydrogens (tertiary/aromatic N) is 2. The summed E-state index contributed by atoms with van der Waals surface area (Å²) in [4.78, 5) is 13.2. The highest BCUT2D eigenvalue weighted by molar-refractivity contribution is 14.1. The smallest absolute Gasteiger partial charge is 0.387 e. The lowest BCUT2D eigenvalue weighted by Crippen LogP contribution is -2.19. The zero-order chi connectivity index (χ0) is 13.2. The van der Waals surface area contributed by atoms with Gasteiger partial charge in [0.2, 0.25) is 5.88 Å². The van der Waals surface area contributed by atoms with E-state index in [1.807, 2.05) is 0 Å². The molecular formula is C7H3BrF3IN2O3. The number of hydrogen-bond donors (Lipinski definition) is 0. The first-order chi connectivity index (χ1) is 7.76. The normalized spacial score (nSPS) is 11.4. The molecule has 17 heavy (non-hydrogen) atoms. The summed E-state index contributed by atoms with van der Waals surface area (Å²) in [7, 11) is 0. The number of rotatable bonds is 3. The van der Waals surface area contributed by atoms with Gasteiger partial charge in [0.25, 0.3) is 5.69 Å². The van der Waals surface area contributed by atoms with Crippen LogP contribution in [0.1, 0.15) is 5.56 Å². The van der Waals surface area contributed by atoms with Crippen molar-refractivity contribution in [2.45, 2.75) is 11.7 Å². The van der Waals surface area contributed by atoms with E-state index < -0.39 is 17.2 Å². The Labute approximate surface area is 115 Å². The summed E-state index contributed by atoms with van der Waals surface area (Å²) in [5.41, 5.74) is -0.273. The molecule has 0 radical (unpaired) electrons. The van der Waals surface area contributed by atoms with Crippen LogP contribution in [0.25, 0.3) is 0 Å². The van der Waals surface area contributed by atoms with Crippen LogP contribution < -0.4 is 4.74 Å². The predicted molar refractivity (Wildman–Crippen MR) is 62.9 cm³/mol. The van der Waals surface area contributed by atoms with Crippen LogP contribution in [-0.2, 0) is 5.33 Å². The topological polar surface area (TPSA) is 65.3 Å². The van der Waals surface area contributed by atoms with Gasteiger partial charge in [0.1, 0.15) is 6.20 Å². The monoisotopic (exact) mass is 426 g/mol. The summed E-state index contributed by atoms with van der Waals surface area (Å²) in [6.07, 6.45) is -4.15. The minimum absolute atomic E-state index is 0.0261. The quantitative estimate of drug-likeness (QED) is 0.321. The molecule has 10 heteroatoms. The van der Waals surface area contributed by atoms with Crippen molar-refractivity contribution in [3.05, 3.63) is 25.4 Å². The fraction of sp³-hybridized carbons (Fsp3) is 0.286. The second kappa shape index (κ2) is 5.33. The molecule has 0 aliphatic heterocycles. The Morgan fingerprint density at radius 1 is 1.59 bits per heavy atom. The highest BCUT2D eigenvalue weighted by Gasteiger charge is 2.34. The van der Waals surface area contributed by atoms with Gasteiger partial charge < -0.3 is 4.74 Å². The van der Waals surface area contributed by atoms with Gasteiger partial charge in [-0.05, 0) is 22.6 Å². The number of pyridine rings is 1. The molecular weight excluding hydrogens is 424 g/mol. The van der Waals surface area contributed by atoms with Crippen molar-refractivity contribution in [1.29, 1.82) is 0 Å². The van der Waals surface area contributed by atoms with Gasteiger partial charge in [-0.2, -0.15) is 0 Å². The first kappa shape index (κ1) is 14.4. The maximum atomic E-state index is 12.0. The summed E-state index contributed by atoms with van der Waals surface area (Å²) in [6.45, 7) is 0. The van der Waals surface area contributed by atoms with Crippen molar-refractivity contribution in [3.8, 4) is 5.88 Å². The SMILES string of the molecule is O=[N+]([O-])c1cnc(OC(F)(F)F)c(I)c1CBr. The number of halogens is 5. The number of ether oxygens (including phenoxy) is 1. The Morgan fingerprint density at radius 2 is 2.18 bits per heavy atom. The van der Waals surface area contributed by atoms with Crippen molar-refractivity contribution in [2.24, 2.45) is 0 Å². The molecule has 1 aromatic heterocycles. The zero-order valence-electron chi connectivity index (χ0n) is 7.79. The molecule has 0 unspecified atom stereocenters. The summed E-state index contributed by atoms with van der Waals surface area (Å²) >= 11 is 4.49. The lowest BCUT2D eigenvalue weighted by atomic mass is 10.2. The van der Waals surface area contributed by atoms with E-state index in [1.165, 1.54) is 22.6 Å². The van der Waals surface area contributed by atoms with Crippen LogP contribution in [0, 0.1) is 13.7 Å². The van der Waals surface area contributed by atoms with Gasteiger partial charge in [0, 0.05) is 5.33 Å². The lowest BCUT2D eigenvalue weighted by molar-refractivity contribution is -0.385. The summed E-state index contributed by atoms with van der Waals surface area (Å²) < 4.78 is 39.6. The van der Waals surface area contributed by atoms with E-state index in [0.717, 1.165) is 6.20 Å². The van der Waals surface area contributed by atoms with Crippen LogP contribution in [0.15, 0.2) is 6.20 Å². The molecule has 0 saturated heterocycles. The number of hydrogen-bond acceptors (Lipinski definition) is 4. The Hall–Kier alpha value is -0.650. The predicted octanol–water partition coefficient (Wildman–Crippen LogP) is 3.39. The third-order valence-corrected chi connectivity index (χ3v) is 3.28. The Bertz CT molecular complexity index is 455. The molecule has 0 saturated carbocycles. The van der Waals surface area contributed by atoms with Crippen LogP contribution in [0.3, 0.4) is 0 Å². The second-order valence-corrected chi connectivity index (χ2v) is 4.32. The van der Waals surface area contributed by atoms with Crippen molar-refractivity contribution >= 4 is 44.2 Å². The second-order valence-electron chi connectivity index (χ2n) is 2.68. The third kappa shape index (κ3) is 3.66. The molecule has 0 bridgehead atoms. The van der Waals surface area contributed by atoms with Crippen molar-refractivity contribution in [2.75, 3.05) is 0 Å². The molecule has 0 aliphatic carbocycles. The molecule has 0 spiro atoms. The van der Waals surface area contributed by atoms with Crippen molar-refractivity contribution in [3.63, 3.8) is 0 Å². The lowest BCUT2D eigenvalue weighted by Gasteiger charge is -2.11. The van der Waals surface area contributed by atoms with Gasteiger partial charge in [-0.3, -0.25) is 10.1 Å². The summed E-state index contributed by atoms with van der Waals surface area (Å²) in [6, 6.07) is 0. The van der Waals surface area contributed by atoms with E-state index in [9.17, 15) is 23.3 Å². The molecule has 0 atom stereocenters. The van der Waals surface area contributed by atoms with Crippen molar-refractivity contribution < 1.29 is 22.8 Å². The molecule has 1 heterocycles. The standard InChI is InChI=1S/C7H3BrF3IN2O3/c8-1-3-4(14(15)16)2-13-6(5(3)12)17-7(9,10)11/h2H,1H2. The minimum atomic E-state index is -4.88. The highest BCUT2D eigenvalue weighted by Crippen LogP contribution is 2.33. The van der Waals surface area contributed by atoms with E-state index in [4.69, 9.17) is 0 Å². The molecule has 0 aliphatic rings. The molecule has 1 rings (SSSR count). The summed E-state index contributed by atoms with van der Waals surface area (Å²) in [5, 5.41) is 10.6. The first-order valence-electron chi connectivity index (χ1n) is 3.89. The largest absolute Gasteiger partial charge is 0.574 e. The van der Waals surface area contributed by atoms with Crippen LogP contribution in [0.5, 0.6) is 5.88 Å².